The molecule has 0 bridgehead atoms. The van der Waals surface area contributed by atoms with Gasteiger partial charge in [0.1, 0.15) is 6.54 Å². The first-order valence-electron chi connectivity index (χ1n) is 6.35. The molecule has 0 spiro atoms. The van der Waals surface area contributed by atoms with Gasteiger partial charge in [0.05, 0.1) is 5.56 Å². The van der Waals surface area contributed by atoms with Gasteiger partial charge in [-0.1, -0.05) is 0 Å². The van der Waals surface area contributed by atoms with Crippen LogP contribution in [0, 0.1) is 0 Å². The summed E-state index contributed by atoms with van der Waals surface area (Å²) in [7, 11) is 0. The SMILES string of the molecule is NCc1cc(C(F)(F)F)ccc1N(CC(F)(F)F)C1CC1. The molecule has 21 heavy (non-hydrogen) atoms. The van der Waals surface area contributed by atoms with E-state index >= 15 is 0 Å². The lowest BCUT2D eigenvalue weighted by Crippen LogP contribution is -2.36. The topological polar surface area (TPSA) is 29.3 Å². The largest absolute Gasteiger partial charge is 0.416 e. The summed E-state index contributed by atoms with van der Waals surface area (Å²) in [5.41, 5.74) is 4.70. The molecule has 1 aliphatic carbocycles. The van der Waals surface area contributed by atoms with Crippen LogP contribution >= 0.6 is 0 Å². The number of anilines is 1. The Morgan fingerprint density at radius 1 is 1.10 bits per heavy atom. The number of hydrogen-bond donors (Lipinski definition) is 1. The molecule has 0 heterocycles. The van der Waals surface area contributed by atoms with Crippen molar-refractivity contribution in [3.8, 4) is 0 Å². The van der Waals surface area contributed by atoms with Crippen molar-refractivity contribution in [2.45, 2.75) is 37.8 Å². The highest BCUT2D eigenvalue weighted by molar-refractivity contribution is 5.57. The Kier molecular flexibility index (Phi) is 4.10. The van der Waals surface area contributed by atoms with E-state index < -0.39 is 24.5 Å². The monoisotopic (exact) mass is 312 g/mol. The first-order valence-corrected chi connectivity index (χ1v) is 6.35. The van der Waals surface area contributed by atoms with Gasteiger partial charge < -0.3 is 10.6 Å². The summed E-state index contributed by atoms with van der Waals surface area (Å²) in [6, 6.07) is 2.41. The van der Waals surface area contributed by atoms with E-state index in [1.54, 1.807) is 0 Å². The predicted molar refractivity (Wildman–Crippen MR) is 65.8 cm³/mol. The van der Waals surface area contributed by atoms with Crippen LogP contribution in [0.3, 0.4) is 0 Å². The molecule has 2 N–H and O–H groups in total. The molecule has 2 nitrogen and oxygen atoms in total. The zero-order valence-corrected chi connectivity index (χ0v) is 10.9. The lowest BCUT2D eigenvalue weighted by molar-refractivity contribution is -0.137. The van der Waals surface area contributed by atoms with Crippen LogP contribution < -0.4 is 10.6 Å². The minimum Gasteiger partial charge on any atom is -0.359 e. The molecular formula is C13H14F6N2. The second-order valence-electron chi connectivity index (χ2n) is 5.02. The summed E-state index contributed by atoms with van der Waals surface area (Å²) in [5, 5.41) is 0. The average molecular weight is 312 g/mol. The number of hydrogen-bond acceptors (Lipinski definition) is 2. The zero-order valence-electron chi connectivity index (χ0n) is 10.9. The molecule has 1 fully saturated rings. The highest BCUT2D eigenvalue weighted by Crippen LogP contribution is 2.38. The maximum Gasteiger partial charge on any atom is 0.416 e. The van der Waals surface area contributed by atoms with Gasteiger partial charge in [0.15, 0.2) is 0 Å². The highest BCUT2D eigenvalue weighted by atomic mass is 19.4. The molecule has 1 aliphatic rings. The second-order valence-corrected chi connectivity index (χ2v) is 5.02. The van der Waals surface area contributed by atoms with Gasteiger partial charge in [0.2, 0.25) is 0 Å². The van der Waals surface area contributed by atoms with Crippen LogP contribution in [-0.4, -0.2) is 18.8 Å². The molecule has 0 aliphatic heterocycles. The van der Waals surface area contributed by atoms with E-state index in [9.17, 15) is 26.3 Å². The molecule has 0 aromatic heterocycles. The fourth-order valence-electron chi connectivity index (χ4n) is 2.20. The summed E-state index contributed by atoms with van der Waals surface area (Å²) in [6.45, 7) is -1.43. The Morgan fingerprint density at radius 2 is 1.71 bits per heavy atom. The first-order chi connectivity index (χ1) is 9.62. The molecule has 2 rings (SSSR count). The molecule has 8 heteroatoms. The van der Waals surface area contributed by atoms with Gasteiger partial charge in [-0.05, 0) is 36.6 Å². The van der Waals surface area contributed by atoms with Crippen molar-refractivity contribution in [1.29, 1.82) is 0 Å². The highest BCUT2D eigenvalue weighted by Gasteiger charge is 2.39. The number of nitrogens with zero attached hydrogens (tertiary/aromatic N) is 1. The van der Waals surface area contributed by atoms with E-state index in [-0.39, 0.29) is 23.8 Å². The standard InChI is InChI=1S/C13H14F6N2/c14-12(15,16)7-21(10-2-3-10)11-4-1-9(13(17,18)19)5-8(11)6-20/h1,4-5,10H,2-3,6-7,20H2. The third-order valence-corrected chi connectivity index (χ3v) is 3.27. The van der Waals surface area contributed by atoms with Gasteiger partial charge >= 0.3 is 12.4 Å². The summed E-state index contributed by atoms with van der Waals surface area (Å²) < 4.78 is 75.8. The van der Waals surface area contributed by atoms with Crippen molar-refractivity contribution >= 4 is 5.69 Å². The van der Waals surface area contributed by atoms with Crippen LogP contribution in [0.15, 0.2) is 18.2 Å². The minimum atomic E-state index is -4.54. The van der Waals surface area contributed by atoms with E-state index in [2.05, 4.69) is 0 Å². The van der Waals surface area contributed by atoms with Crippen LogP contribution in [0.1, 0.15) is 24.0 Å². The zero-order chi connectivity index (χ0) is 15.8. The van der Waals surface area contributed by atoms with E-state index in [1.807, 2.05) is 0 Å². The van der Waals surface area contributed by atoms with Crippen LogP contribution in [0.2, 0.25) is 0 Å². The van der Waals surface area contributed by atoms with Crippen molar-refractivity contribution in [3.63, 3.8) is 0 Å². The summed E-state index contributed by atoms with van der Waals surface area (Å²) in [4.78, 5) is 1.10. The van der Waals surface area contributed by atoms with Crippen molar-refractivity contribution < 1.29 is 26.3 Å². The third-order valence-electron chi connectivity index (χ3n) is 3.27. The molecule has 1 aromatic rings. The molecule has 0 atom stereocenters. The lowest BCUT2D eigenvalue weighted by Gasteiger charge is -2.28. The Bertz CT molecular complexity index is 504. The van der Waals surface area contributed by atoms with E-state index in [4.69, 9.17) is 5.73 Å². The molecule has 1 aromatic carbocycles. The summed E-state index contributed by atoms with van der Waals surface area (Å²) in [6.07, 6.45) is -7.77. The molecule has 1 saturated carbocycles. The van der Waals surface area contributed by atoms with Crippen LogP contribution in [0.25, 0.3) is 0 Å². The fraction of sp³-hybridized carbons (Fsp3) is 0.538. The maximum atomic E-state index is 12.6. The quantitative estimate of drug-likeness (QED) is 0.859. The summed E-state index contributed by atoms with van der Waals surface area (Å²) in [5.74, 6) is 0. The molecule has 0 unspecified atom stereocenters. The smallest absolute Gasteiger partial charge is 0.359 e. The van der Waals surface area contributed by atoms with E-state index in [0.717, 1.165) is 23.1 Å². The first kappa shape index (κ1) is 15.9. The Morgan fingerprint density at radius 3 is 2.14 bits per heavy atom. The molecule has 0 radical (unpaired) electrons. The summed E-state index contributed by atoms with van der Waals surface area (Å²) >= 11 is 0. The maximum absolute atomic E-state index is 12.6. The normalized spacial score (nSPS) is 16.1. The second kappa shape index (κ2) is 5.40. The average Bonchev–Trinajstić information content (AvgIpc) is 3.17. The molecular weight excluding hydrogens is 298 g/mol. The van der Waals surface area contributed by atoms with Gasteiger partial charge in [-0.3, -0.25) is 0 Å². The van der Waals surface area contributed by atoms with Crippen LogP contribution in [-0.2, 0) is 12.7 Å². The number of nitrogens with two attached hydrogens (primary N) is 1. The minimum absolute atomic E-state index is 0.0703. The van der Waals surface area contributed by atoms with Crippen LogP contribution in [0.4, 0.5) is 32.0 Å². The lowest BCUT2D eigenvalue weighted by atomic mass is 10.1. The Balaban J connectivity index is 2.36. The van der Waals surface area contributed by atoms with Crippen molar-refractivity contribution in [2.75, 3.05) is 11.4 Å². The van der Waals surface area contributed by atoms with Crippen molar-refractivity contribution in [3.05, 3.63) is 29.3 Å². The number of alkyl halides is 6. The fourth-order valence-corrected chi connectivity index (χ4v) is 2.20. The number of rotatable bonds is 4. The number of benzene rings is 1. The Labute approximate surface area is 117 Å². The predicted octanol–water partition coefficient (Wildman–Crippen LogP) is 3.70. The van der Waals surface area contributed by atoms with Gasteiger partial charge in [-0.2, -0.15) is 26.3 Å². The van der Waals surface area contributed by atoms with Crippen molar-refractivity contribution in [1.82, 2.24) is 0 Å². The third kappa shape index (κ3) is 4.03. The van der Waals surface area contributed by atoms with Gasteiger partial charge in [0.25, 0.3) is 0 Å². The Hall–Kier alpha value is -1.44. The molecule has 118 valence electrons. The van der Waals surface area contributed by atoms with Gasteiger partial charge in [-0.15, -0.1) is 0 Å². The van der Waals surface area contributed by atoms with E-state index in [0.29, 0.717) is 12.8 Å². The molecule has 0 amide bonds. The van der Waals surface area contributed by atoms with E-state index in [1.165, 1.54) is 0 Å². The van der Waals surface area contributed by atoms with Crippen molar-refractivity contribution in [2.24, 2.45) is 5.73 Å². The number of halogens is 6. The van der Waals surface area contributed by atoms with Crippen LogP contribution in [0.5, 0.6) is 0 Å². The molecule has 0 saturated heterocycles. The van der Waals surface area contributed by atoms with Gasteiger partial charge in [-0.25, -0.2) is 0 Å². The van der Waals surface area contributed by atoms with Gasteiger partial charge in [0, 0.05) is 18.3 Å².